The minimum atomic E-state index is -4.64. The number of nitrogens with zero attached hydrogens (tertiary/aromatic N) is 1. The Bertz CT molecular complexity index is 513. The molecule has 1 heterocycles. The molecule has 1 aromatic rings. The Balaban J connectivity index is 1.66. The van der Waals surface area contributed by atoms with Crippen LogP contribution in [0.4, 0.5) is 17.6 Å². The lowest BCUT2D eigenvalue weighted by Crippen LogP contribution is -2.42. The summed E-state index contributed by atoms with van der Waals surface area (Å²) in [7, 11) is 0. The van der Waals surface area contributed by atoms with Crippen LogP contribution in [0.1, 0.15) is 24.0 Å². The van der Waals surface area contributed by atoms with Crippen LogP contribution in [0.5, 0.6) is 0 Å². The van der Waals surface area contributed by atoms with Crippen molar-refractivity contribution in [1.82, 2.24) is 4.90 Å². The van der Waals surface area contributed by atoms with Crippen molar-refractivity contribution >= 4 is 0 Å². The van der Waals surface area contributed by atoms with Crippen molar-refractivity contribution in [3.8, 4) is 0 Å². The van der Waals surface area contributed by atoms with E-state index >= 15 is 0 Å². The SMILES string of the molecule is Fc1cc(CN2CCO[C@H](C3CC3)C2)ccc1C(F)(F)F. The highest BCUT2D eigenvalue weighted by molar-refractivity contribution is 5.26. The predicted molar refractivity (Wildman–Crippen MR) is 69.1 cm³/mol. The fourth-order valence-corrected chi connectivity index (χ4v) is 2.77. The maximum atomic E-state index is 13.6. The summed E-state index contributed by atoms with van der Waals surface area (Å²) >= 11 is 0. The quantitative estimate of drug-likeness (QED) is 0.793. The molecular weight excluding hydrogens is 286 g/mol. The molecule has 1 saturated heterocycles. The van der Waals surface area contributed by atoms with Crippen molar-refractivity contribution in [3.05, 3.63) is 35.1 Å². The average molecular weight is 303 g/mol. The van der Waals surface area contributed by atoms with E-state index in [9.17, 15) is 17.6 Å². The van der Waals surface area contributed by atoms with E-state index in [0.29, 0.717) is 24.6 Å². The first-order chi connectivity index (χ1) is 9.93. The van der Waals surface area contributed by atoms with Crippen LogP contribution in [0.25, 0.3) is 0 Å². The van der Waals surface area contributed by atoms with Gasteiger partial charge in [-0.15, -0.1) is 0 Å². The normalized spacial score (nSPS) is 24.3. The standard InChI is InChI=1S/C15H17F4NO/c16-13-7-10(1-4-12(13)15(17,18)19)8-20-5-6-21-14(9-20)11-2-3-11/h1,4,7,11,14H,2-3,5-6,8-9H2/t14-/m0/s1. The largest absolute Gasteiger partial charge is 0.419 e. The van der Waals surface area contributed by atoms with Gasteiger partial charge in [0.25, 0.3) is 0 Å². The van der Waals surface area contributed by atoms with E-state index in [1.165, 1.54) is 18.9 Å². The highest BCUT2D eigenvalue weighted by atomic mass is 19.4. The highest BCUT2D eigenvalue weighted by Gasteiger charge is 2.36. The lowest BCUT2D eigenvalue weighted by Gasteiger charge is -2.33. The summed E-state index contributed by atoms with van der Waals surface area (Å²) < 4.78 is 56.8. The third-order valence-corrected chi connectivity index (χ3v) is 4.07. The summed E-state index contributed by atoms with van der Waals surface area (Å²) in [6.45, 7) is 2.59. The van der Waals surface area contributed by atoms with Gasteiger partial charge in [0.05, 0.1) is 18.3 Å². The first-order valence-corrected chi connectivity index (χ1v) is 7.13. The molecule has 6 heteroatoms. The van der Waals surface area contributed by atoms with Crippen LogP contribution in [-0.2, 0) is 17.5 Å². The van der Waals surface area contributed by atoms with Gasteiger partial charge >= 0.3 is 6.18 Å². The molecule has 0 amide bonds. The number of benzene rings is 1. The molecule has 0 spiro atoms. The highest BCUT2D eigenvalue weighted by Crippen LogP contribution is 2.36. The van der Waals surface area contributed by atoms with Gasteiger partial charge in [-0.3, -0.25) is 4.90 Å². The van der Waals surface area contributed by atoms with Gasteiger partial charge in [0.2, 0.25) is 0 Å². The zero-order valence-corrected chi connectivity index (χ0v) is 11.5. The number of halogens is 4. The Morgan fingerprint density at radius 3 is 2.62 bits per heavy atom. The third kappa shape index (κ3) is 3.55. The van der Waals surface area contributed by atoms with Crippen LogP contribution in [-0.4, -0.2) is 30.7 Å². The predicted octanol–water partition coefficient (Wildman–Crippen LogP) is 3.46. The van der Waals surface area contributed by atoms with Gasteiger partial charge < -0.3 is 4.74 Å². The van der Waals surface area contributed by atoms with E-state index in [-0.39, 0.29) is 6.10 Å². The molecule has 0 aromatic heterocycles. The van der Waals surface area contributed by atoms with E-state index in [2.05, 4.69) is 4.90 Å². The Kier molecular flexibility index (Phi) is 3.92. The molecule has 2 aliphatic rings. The summed E-state index contributed by atoms with van der Waals surface area (Å²) in [5.74, 6) is -0.579. The molecule has 0 bridgehead atoms. The fraction of sp³-hybridized carbons (Fsp3) is 0.600. The van der Waals surface area contributed by atoms with Crippen molar-refractivity contribution in [3.63, 3.8) is 0 Å². The molecule has 21 heavy (non-hydrogen) atoms. The maximum Gasteiger partial charge on any atom is 0.419 e. The second kappa shape index (κ2) is 5.57. The lowest BCUT2D eigenvalue weighted by molar-refractivity contribution is -0.140. The van der Waals surface area contributed by atoms with Crippen molar-refractivity contribution in [1.29, 1.82) is 0 Å². The Morgan fingerprint density at radius 2 is 2.00 bits per heavy atom. The van der Waals surface area contributed by atoms with E-state index in [0.717, 1.165) is 25.2 Å². The molecule has 1 aliphatic heterocycles. The summed E-state index contributed by atoms with van der Waals surface area (Å²) in [4.78, 5) is 2.12. The zero-order chi connectivity index (χ0) is 15.0. The average Bonchev–Trinajstić information content (AvgIpc) is 3.21. The number of alkyl halides is 3. The second-order valence-corrected chi connectivity index (χ2v) is 5.79. The molecular formula is C15H17F4NO. The molecule has 0 radical (unpaired) electrons. The van der Waals surface area contributed by atoms with Gasteiger partial charge in [-0.1, -0.05) is 6.07 Å². The van der Waals surface area contributed by atoms with E-state index < -0.39 is 17.6 Å². The summed E-state index contributed by atoms with van der Waals surface area (Å²) in [5, 5.41) is 0. The van der Waals surface area contributed by atoms with E-state index in [1.54, 1.807) is 0 Å². The van der Waals surface area contributed by atoms with Crippen LogP contribution in [0.2, 0.25) is 0 Å². The molecule has 1 aromatic carbocycles. The van der Waals surface area contributed by atoms with Crippen LogP contribution in [0, 0.1) is 11.7 Å². The number of morpholine rings is 1. The number of hydrogen-bond donors (Lipinski definition) is 0. The van der Waals surface area contributed by atoms with Gasteiger partial charge in [-0.25, -0.2) is 4.39 Å². The van der Waals surface area contributed by atoms with Crippen LogP contribution in [0.3, 0.4) is 0 Å². The number of hydrogen-bond acceptors (Lipinski definition) is 2. The minimum Gasteiger partial charge on any atom is -0.375 e. The van der Waals surface area contributed by atoms with Gasteiger partial charge in [0, 0.05) is 19.6 Å². The minimum absolute atomic E-state index is 0.220. The smallest absolute Gasteiger partial charge is 0.375 e. The Morgan fingerprint density at radius 1 is 1.24 bits per heavy atom. The van der Waals surface area contributed by atoms with Crippen molar-refractivity contribution in [2.45, 2.75) is 31.7 Å². The molecule has 2 fully saturated rings. The molecule has 0 N–H and O–H groups in total. The maximum absolute atomic E-state index is 13.6. The van der Waals surface area contributed by atoms with Crippen LogP contribution < -0.4 is 0 Å². The summed E-state index contributed by atoms with van der Waals surface area (Å²) in [5.41, 5.74) is -0.638. The molecule has 116 valence electrons. The monoisotopic (exact) mass is 303 g/mol. The molecule has 1 aliphatic carbocycles. The summed E-state index contributed by atoms with van der Waals surface area (Å²) in [6, 6.07) is 3.17. The lowest BCUT2D eigenvalue weighted by atomic mass is 10.1. The van der Waals surface area contributed by atoms with Gasteiger partial charge in [0.1, 0.15) is 5.82 Å². The fourth-order valence-electron chi connectivity index (χ4n) is 2.77. The van der Waals surface area contributed by atoms with Crippen LogP contribution >= 0.6 is 0 Å². The van der Waals surface area contributed by atoms with Gasteiger partial charge in [-0.2, -0.15) is 13.2 Å². The first-order valence-electron chi connectivity index (χ1n) is 7.13. The zero-order valence-electron chi connectivity index (χ0n) is 11.5. The molecule has 3 rings (SSSR count). The van der Waals surface area contributed by atoms with Gasteiger partial charge in [-0.05, 0) is 36.5 Å². The van der Waals surface area contributed by atoms with E-state index in [1.807, 2.05) is 0 Å². The summed E-state index contributed by atoms with van der Waals surface area (Å²) in [6.07, 6.45) is -2.04. The van der Waals surface area contributed by atoms with Crippen LogP contribution in [0.15, 0.2) is 18.2 Å². The topological polar surface area (TPSA) is 12.5 Å². The third-order valence-electron chi connectivity index (χ3n) is 4.07. The molecule has 1 saturated carbocycles. The second-order valence-electron chi connectivity index (χ2n) is 5.79. The van der Waals surface area contributed by atoms with Gasteiger partial charge in [0.15, 0.2) is 0 Å². The number of rotatable bonds is 3. The van der Waals surface area contributed by atoms with Crippen molar-refractivity contribution < 1.29 is 22.3 Å². The Labute approximate surface area is 120 Å². The molecule has 1 atom stereocenters. The first kappa shape index (κ1) is 14.8. The number of ether oxygens (including phenoxy) is 1. The van der Waals surface area contributed by atoms with Crippen molar-refractivity contribution in [2.75, 3.05) is 19.7 Å². The van der Waals surface area contributed by atoms with Crippen molar-refractivity contribution in [2.24, 2.45) is 5.92 Å². The molecule has 2 nitrogen and oxygen atoms in total. The molecule has 0 unspecified atom stereocenters. The van der Waals surface area contributed by atoms with E-state index in [4.69, 9.17) is 4.74 Å². The Hall–Kier alpha value is -1.14.